The van der Waals surface area contributed by atoms with E-state index in [4.69, 9.17) is 9.97 Å². The van der Waals surface area contributed by atoms with Crippen LogP contribution in [0.15, 0.2) is 212 Å². The second-order valence-corrected chi connectivity index (χ2v) is 15.8. The van der Waals surface area contributed by atoms with Crippen molar-refractivity contribution in [3.05, 3.63) is 212 Å². The van der Waals surface area contributed by atoms with Crippen molar-refractivity contribution in [2.45, 2.75) is 0 Å². The van der Waals surface area contributed by atoms with Gasteiger partial charge in [0.1, 0.15) is 0 Å². The summed E-state index contributed by atoms with van der Waals surface area (Å²) in [5.41, 5.74) is 14.4. The minimum atomic E-state index is 0.658. The van der Waals surface area contributed by atoms with Gasteiger partial charge in [0.15, 0.2) is 0 Å². The van der Waals surface area contributed by atoms with E-state index < -0.39 is 0 Å². The summed E-state index contributed by atoms with van der Waals surface area (Å²) in [5, 5.41) is 8.29. The van der Waals surface area contributed by atoms with Gasteiger partial charge in [-0.3, -0.25) is 4.57 Å². The van der Waals surface area contributed by atoms with Crippen molar-refractivity contribution in [1.29, 1.82) is 0 Å². The first-order chi connectivity index (χ1) is 30.3. The van der Waals surface area contributed by atoms with Crippen molar-refractivity contribution in [1.82, 2.24) is 23.7 Å². The summed E-state index contributed by atoms with van der Waals surface area (Å²) >= 11 is 0. The van der Waals surface area contributed by atoms with E-state index in [9.17, 15) is 0 Å². The van der Waals surface area contributed by atoms with Crippen molar-refractivity contribution in [2.24, 2.45) is 0 Å². The second-order valence-electron chi connectivity index (χ2n) is 15.8. The van der Waals surface area contributed by atoms with E-state index in [0.717, 1.165) is 66.5 Å². The van der Waals surface area contributed by atoms with Crippen LogP contribution in [0.3, 0.4) is 0 Å². The maximum Gasteiger partial charge on any atom is 0.235 e. The Morgan fingerprint density at radius 2 is 0.705 bits per heavy atom. The van der Waals surface area contributed by atoms with Gasteiger partial charge in [0.2, 0.25) is 5.95 Å². The van der Waals surface area contributed by atoms with E-state index in [1.54, 1.807) is 0 Å². The van der Waals surface area contributed by atoms with Crippen molar-refractivity contribution in [2.75, 3.05) is 0 Å². The van der Waals surface area contributed by atoms with E-state index in [1.165, 1.54) is 43.6 Å². The maximum atomic E-state index is 5.29. The molecule has 0 bridgehead atoms. The normalized spacial score (nSPS) is 11.9. The van der Waals surface area contributed by atoms with E-state index in [0.29, 0.717) is 5.95 Å². The Labute approximate surface area is 350 Å². The van der Waals surface area contributed by atoms with Crippen LogP contribution in [0.2, 0.25) is 0 Å². The Bertz CT molecular complexity index is 3820. The highest BCUT2D eigenvalue weighted by Crippen LogP contribution is 2.40. The van der Waals surface area contributed by atoms with E-state index >= 15 is 0 Å². The molecule has 0 saturated carbocycles. The van der Waals surface area contributed by atoms with Gasteiger partial charge in [0.05, 0.1) is 44.3 Å². The lowest BCUT2D eigenvalue weighted by atomic mass is 10.0. The van der Waals surface area contributed by atoms with Crippen LogP contribution in [0.4, 0.5) is 0 Å². The number of rotatable bonds is 5. The Balaban J connectivity index is 1.02. The number of benzene rings is 9. The number of fused-ring (bicyclic) bond motifs is 10. The Morgan fingerprint density at radius 1 is 0.262 bits per heavy atom. The van der Waals surface area contributed by atoms with Crippen LogP contribution in [0, 0.1) is 0 Å². The largest absolute Gasteiger partial charge is 0.309 e. The van der Waals surface area contributed by atoms with Gasteiger partial charge in [0, 0.05) is 54.6 Å². The van der Waals surface area contributed by atoms with Crippen LogP contribution in [0.1, 0.15) is 0 Å². The van der Waals surface area contributed by atoms with Gasteiger partial charge < -0.3 is 9.13 Å². The molecule has 0 fully saturated rings. The highest BCUT2D eigenvalue weighted by atomic mass is 15.2. The zero-order chi connectivity index (χ0) is 40.0. The van der Waals surface area contributed by atoms with Crippen LogP contribution in [-0.4, -0.2) is 23.7 Å². The van der Waals surface area contributed by atoms with Gasteiger partial charge in [0.25, 0.3) is 0 Å². The molecule has 0 N–H and O–H groups in total. The topological polar surface area (TPSA) is 40.6 Å². The van der Waals surface area contributed by atoms with Gasteiger partial charge in [-0.1, -0.05) is 133 Å². The summed E-state index contributed by atoms with van der Waals surface area (Å²) in [6, 6.07) is 76.2. The number of hydrogen-bond acceptors (Lipinski definition) is 2. The predicted octanol–water partition coefficient (Wildman–Crippen LogP) is 14.3. The number of hydrogen-bond donors (Lipinski definition) is 0. The fraction of sp³-hybridized carbons (Fsp3) is 0. The molecule has 0 saturated heterocycles. The lowest BCUT2D eigenvalue weighted by Gasteiger charge is -2.12. The smallest absolute Gasteiger partial charge is 0.235 e. The van der Waals surface area contributed by atoms with Crippen molar-refractivity contribution in [3.63, 3.8) is 0 Å². The van der Waals surface area contributed by atoms with Crippen LogP contribution in [0.5, 0.6) is 0 Å². The molecule has 0 aliphatic heterocycles. The minimum Gasteiger partial charge on any atom is -0.309 e. The van der Waals surface area contributed by atoms with Gasteiger partial charge in [-0.25, -0.2) is 9.97 Å². The van der Waals surface area contributed by atoms with Crippen LogP contribution in [0.25, 0.3) is 116 Å². The van der Waals surface area contributed by atoms with E-state index in [-0.39, 0.29) is 0 Å². The van der Waals surface area contributed by atoms with Crippen molar-refractivity contribution < 1.29 is 0 Å². The molecule has 9 aromatic carbocycles. The van der Waals surface area contributed by atoms with Crippen molar-refractivity contribution >= 4 is 76.3 Å². The Hall–Kier alpha value is -8.28. The summed E-state index contributed by atoms with van der Waals surface area (Å²) < 4.78 is 7.03. The molecule has 4 heterocycles. The molecule has 0 amide bonds. The predicted molar refractivity (Wildman–Crippen MR) is 253 cm³/mol. The van der Waals surface area contributed by atoms with Crippen molar-refractivity contribution in [3.8, 4) is 39.7 Å². The maximum absolute atomic E-state index is 5.29. The molecule has 0 atom stereocenters. The molecule has 5 nitrogen and oxygen atoms in total. The standard InChI is InChI=1S/C56H35N5/c1-3-15-36(16-4-1)55-44-22-7-11-23-48(44)57-56(58-55)61-51-26-14-10-21-43(51)45-33-37(28-31-54(45)61)38-27-30-52-46(34-38)47-35-40(29-32-53(47)59(52)39-17-5-2-6-18-39)60-49-24-12-8-19-41(49)42-20-9-13-25-50(42)60/h1-35H. The average molecular weight is 778 g/mol. The van der Waals surface area contributed by atoms with Gasteiger partial charge in [-0.05, 0) is 90.0 Å². The Kier molecular flexibility index (Phi) is 7.24. The molecule has 61 heavy (non-hydrogen) atoms. The monoisotopic (exact) mass is 777 g/mol. The van der Waals surface area contributed by atoms with Gasteiger partial charge in [-0.15, -0.1) is 0 Å². The molecular weight excluding hydrogens is 743 g/mol. The number of para-hydroxylation sites is 5. The first kappa shape index (κ1) is 33.7. The average Bonchev–Trinajstić information content (AvgIpc) is 3.97. The molecule has 0 unspecified atom stereocenters. The summed E-state index contributed by atoms with van der Waals surface area (Å²) in [6.07, 6.45) is 0. The van der Waals surface area contributed by atoms with Gasteiger partial charge >= 0.3 is 0 Å². The molecule has 13 rings (SSSR count). The molecule has 0 radical (unpaired) electrons. The van der Waals surface area contributed by atoms with E-state index in [2.05, 4.69) is 214 Å². The van der Waals surface area contributed by atoms with Crippen LogP contribution >= 0.6 is 0 Å². The fourth-order valence-electron chi connectivity index (χ4n) is 9.73. The third-order valence-electron chi connectivity index (χ3n) is 12.4. The molecule has 0 aliphatic carbocycles. The summed E-state index contributed by atoms with van der Waals surface area (Å²) in [6.45, 7) is 0. The molecule has 0 aliphatic rings. The first-order valence-electron chi connectivity index (χ1n) is 20.8. The van der Waals surface area contributed by atoms with Gasteiger partial charge in [-0.2, -0.15) is 0 Å². The van der Waals surface area contributed by atoms with Crippen LogP contribution in [-0.2, 0) is 0 Å². The second kappa shape index (κ2) is 13.1. The summed E-state index contributed by atoms with van der Waals surface area (Å²) in [7, 11) is 0. The molecule has 0 spiro atoms. The lowest BCUT2D eigenvalue weighted by molar-refractivity contribution is 1.01. The zero-order valence-electron chi connectivity index (χ0n) is 32.9. The quantitative estimate of drug-likeness (QED) is 0.175. The molecule has 4 aromatic heterocycles. The molecule has 13 aromatic rings. The highest BCUT2D eigenvalue weighted by Gasteiger charge is 2.20. The summed E-state index contributed by atoms with van der Waals surface area (Å²) in [4.78, 5) is 10.5. The molecular formula is C56H35N5. The number of nitrogens with zero attached hydrogens (tertiary/aromatic N) is 5. The summed E-state index contributed by atoms with van der Waals surface area (Å²) in [5.74, 6) is 0.658. The SMILES string of the molecule is c1ccc(-c2nc(-n3c4ccccc4c4cc(-c5ccc6c(c5)c5cc(-n7c8ccccc8c8ccccc87)ccc5n6-c5ccccc5)ccc43)nc3ccccc23)cc1. The van der Waals surface area contributed by atoms with Crippen LogP contribution < -0.4 is 0 Å². The molecule has 5 heteroatoms. The number of aromatic nitrogens is 5. The zero-order valence-corrected chi connectivity index (χ0v) is 32.9. The lowest BCUT2D eigenvalue weighted by Crippen LogP contribution is -2.03. The van der Waals surface area contributed by atoms with E-state index in [1.807, 2.05) is 12.1 Å². The third kappa shape index (κ3) is 5.08. The Morgan fingerprint density at radius 3 is 1.36 bits per heavy atom. The minimum absolute atomic E-state index is 0.658. The third-order valence-corrected chi connectivity index (χ3v) is 12.4. The fourth-order valence-corrected chi connectivity index (χ4v) is 9.73. The molecule has 284 valence electrons. The first-order valence-corrected chi connectivity index (χ1v) is 20.8. The highest BCUT2D eigenvalue weighted by molar-refractivity contribution is 6.14.